The molecule has 0 aliphatic carbocycles. The van der Waals surface area contributed by atoms with E-state index in [0.29, 0.717) is 23.1 Å². The van der Waals surface area contributed by atoms with Crippen molar-refractivity contribution < 1.29 is 13.6 Å². The first kappa shape index (κ1) is 23.3. The minimum Gasteiger partial charge on any atom is -0.353 e. The van der Waals surface area contributed by atoms with E-state index in [1.165, 1.54) is 18.2 Å². The van der Waals surface area contributed by atoms with Crippen molar-refractivity contribution in [3.8, 4) is 6.07 Å². The van der Waals surface area contributed by atoms with Gasteiger partial charge < -0.3 is 5.32 Å². The quantitative estimate of drug-likeness (QED) is 0.423. The summed E-state index contributed by atoms with van der Waals surface area (Å²) in [6, 6.07) is 11.4. The van der Waals surface area contributed by atoms with Crippen LogP contribution < -0.4 is 21.5 Å². The zero-order valence-corrected chi connectivity index (χ0v) is 18.1. The van der Waals surface area contributed by atoms with E-state index in [-0.39, 0.29) is 24.0 Å². The molecular formula is C23H26F2N6O. The van der Waals surface area contributed by atoms with E-state index in [1.54, 1.807) is 18.2 Å². The summed E-state index contributed by atoms with van der Waals surface area (Å²) in [6.45, 7) is 6.05. The molecule has 2 aromatic rings. The molecule has 1 heterocycles. The average molecular weight is 440 g/mol. The number of guanidine groups is 1. The number of hydrogen-bond donors (Lipinski definition) is 4. The van der Waals surface area contributed by atoms with Crippen molar-refractivity contribution in [2.24, 2.45) is 10.9 Å². The largest absolute Gasteiger partial charge is 0.353 e. The molecule has 0 spiro atoms. The Morgan fingerprint density at radius 3 is 2.53 bits per heavy atom. The minimum absolute atomic E-state index is 0.0157. The Bertz CT molecular complexity index is 1030. The fourth-order valence-corrected chi connectivity index (χ4v) is 3.17. The molecular weight excluding hydrogens is 414 g/mol. The number of carbonyl (C=O) groups is 1. The van der Waals surface area contributed by atoms with Crippen LogP contribution in [0.1, 0.15) is 54.7 Å². The van der Waals surface area contributed by atoms with Gasteiger partial charge in [0.05, 0.1) is 11.6 Å². The van der Waals surface area contributed by atoms with Gasteiger partial charge in [-0.2, -0.15) is 5.26 Å². The summed E-state index contributed by atoms with van der Waals surface area (Å²) >= 11 is 0. The maximum Gasteiger partial charge on any atom is 0.257 e. The predicted octanol–water partition coefficient (Wildman–Crippen LogP) is 3.12. The van der Waals surface area contributed by atoms with Crippen LogP contribution in [0.2, 0.25) is 0 Å². The summed E-state index contributed by atoms with van der Waals surface area (Å²) in [5, 5.41) is 15.1. The van der Waals surface area contributed by atoms with E-state index >= 15 is 0 Å². The Morgan fingerprint density at radius 2 is 1.88 bits per heavy atom. The first-order chi connectivity index (χ1) is 15.2. The number of carbonyl (C=O) groups excluding carboxylic acids is 1. The molecule has 7 nitrogen and oxygen atoms in total. The molecule has 0 aromatic heterocycles. The Balaban J connectivity index is 1.77. The summed E-state index contributed by atoms with van der Waals surface area (Å²) in [7, 11) is 0. The molecule has 0 radical (unpaired) electrons. The van der Waals surface area contributed by atoms with Crippen LogP contribution in [0.15, 0.2) is 47.5 Å². The number of nitriles is 1. The molecule has 168 valence electrons. The predicted molar refractivity (Wildman–Crippen MR) is 117 cm³/mol. The number of hydrazine groups is 1. The molecule has 1 fully saturated rings. The van der Waals surface area contributed by atoms with Crippen LogP contribution >= 0.6 is 0 Å². The van der Waals surface area contributed by atoms with Crippen LogP contribution in [0.3, 0.4) is 0 Å². The Hall–Kier alpha value is -3.35. The van der Waals surface area contributed by atoms with Crippen LogP contribution in [-0.2, 0) is 0 Å². The second-order valence-corrected chi connectivity index (χ2v) is 8.10. The second-order valence-electron chi connectivity index (χ2n) is 8.10. The third kappa shape index (κ3) is 6.09. The highest BCUT2D eigenvalue weighted by atomic mass is 19.1. The van der Waals surface area contributed by atoms with Gasteiger partial charge in [0.2, 0.25) is 0 Å². The van der Waals surface area contributed by atoms with E-state index in [0.717, 1.165) is 6.07 Å². The third-order valence-electron chi connectivity index (χ3n) is 5.31. The van der Waals surface area contributed by atoms with E-state index in [1.807, 2.05) is 26.8 Å². The molecule has 2 aromatic carbocycles. The number of hydrogen-bond acceptors (Lipinski definition) is 5. The van der Waals surface area contributed by atoms with Gasteiger partial charge in [-0.25, -0.2) is 24.6 Å². The van der Waals surface area contributed by atoms with Crippen molar-refractivity contribution in [1.82, 2.24) is 21.5 Å². The van der Waals surface area contributed by atoms with Crippen molar-refractivity contribution in [2.75, 3.05) is 0 Å². The van der Waals surface area contributed by atoms with E-state index in [4.69, 9.17) is 5.26 Å². The van der Waals surface area contributed by atoms with Gasteiger partial charge in [0.25, 0.3) is 5.91 Å². The molecule has 1 aliphatic rings. The zero-order valence-electron chi connectivity index (χ0n) is 18.1. The van der Waals surface area contributed by atoms with Crippen LogP contribution in [0, 0.1) is 28.9 Å². The maximum absolute atomic E-state index is 13.6. The van der Waals surface area contributed by atoms with Crippen LogP contribution in [-0.4, -0.2) is 24.1 Å². The summed E-state index contributed by atoms with van der Waals surface area (Å²) < 4.78 is 27.1. The van der Waals surface area contributed by atoms with E-state index in [9.17, 15) is 13.6 Å². The van der Waals surface area contributed by atoms with Gasteiger partial charge in [-0.3, -0.25) is 10.1 Å². The fraction of sp³-hybridized carbons (Fsp3) is 0.348. The number of rotatable bonds is 5. The lowest BCUT2D eigenvalue weighted by Gasteiger charge is -2.21. The van der Waals surface area contributed by atoms with Gasteiger partial charge in [0, 0.05) is 30.1 Å². The summed E-state index contributed by atoms with van der Waals surface area (Å²) in [5.74, 6) is -1.15. The highest BCUT2D eigenvalue weighted by molar-refractivity contribution is 6.06. The summed E-state index contributed by atoms with van der Waals surface area (Å²) in [5.41, 5.74) is 7.17. The lowest BCUT2D eigenvalue weighted by atomic mass is 10.0. The molecule has 32 heavy (non-hydrogen) atoms. The fourth-order valence-electron chi connectivity index (χ4n) is 3.17. The van der Waals surface area contributed by atoms with Crippen molar-refractivity contribution in [3.05, 3.63) is 70.8 Å². The topological polar surface area (TPSA) is 101 Å². The molecule has 1 saturated heterocycles. The van der Waals surface area contributed by atoms with Crippen molar-refractivity contribution in [1.29, 1.82) is 5.26 Å². The van der Waals surface area contributed by atoms with Crippen LogP contribution in [0.25, 0.3) is 0 Å². The first-order valence-electron chi connectivity index (χ1n) is 10.4. The molecule has 1 aliphatic heterocycles. The van der Waals surface area contributed by atoms with Crippen molar-refractivity contribution in [3.63, 3.8) is 0 Å². The first-order valence-corrected chi connectivity index (χ1v) is 10.4. The zero-order chi connectivity index (χ0) is 23.3. The standard InChI is InChI=1S/C23H26F2N6O/c1-13(2)14(3)27-23(29-22(32)16-6-4-5-15(7-16)12-26)28-21-11-20(30-31-21)17-8-18(24)10-19(25)9-17/h4-10,13-14,20-21,30-31H,11H2,1-3H3,(H2,27,28,29,32). The van der Waals surface area contributed by atoms with Gasteiger partial charge in [-0.1, -0.05) is 19.9 Å². The number of nitrogens with one attached hydrogen (secondary N) is 4. The normalized spacial score (nSPS) is 19.5. The lowest BCUT2D eigenvalue weighted by molar-refractivity contribution is 0.0975. The summed E-state index contributed by atoms with van der Waals surface area (Å²) in [4.78, 5) is 17.3. The second kappa shape index (κ2) is 10.3. The number of aliphatic imine (C=N–C) groups is 1. The average Bonchev–Trinajstić information content (AvgIpc) is 3.21. The van der Waals surface area contributed by atoms with Crippen LogP contribution in [0.4, 0.5) is 8.78 Å². The molecule has 0 saturated carbocycles. The molecule has 3 unspecified atom stereocenters. The Labute approximate surface area is 185 Å². The minimum atomic E-state index is -0.645. The van der Waals surface area contributed by atoms with Crippen molar-refractivity contribution >= 4 is 11.9 Å². The van der Waals surface area contributed by atoms with Gasteiger partial charge in [-0.15, -0.1) is 0 Å². The number of amides is 1. The SMILES string of the molecule is CC(C)C(C)NC(=NC1CC(c2cc(F)cc(F)c2)NN1)NC(=O)c1cccc(C#N)c1. The van der Waals surface area contributed by atoms with Gasteiger partial charge in [-0.05, 0) is 48.7 Å². The molecule has 3 atom stereocenters. The molecule has 0 bridgehead atoms. The van der Waals surface area contributed by atoms with Crippen LogP contribution in [0.5, 0.6) is 0 Å². The summed E-state index contributed by atoms with van der Waals surface area (Å²) in [6.07, 6.45) is -0.0249. The van der Waals surface area contributed by atoms with E-state index < -0.39 is 23.7 Å². The Kier molecular flexibility index (Phi) is 7.51. The third-order valence-corrected chi connectivity index (χ3v) is 5.31. The molecule has 1 amide bonds. The van der Waals surface area contributed by atoms with E-state index in [2.05, 4.69) is 26.5 Å². The monoisotopic (exact) mass is 440 g/mol. The Morgan fingerprint density at radius 1 is 1.16 bits per heavy atom. The van der Waals surface area contributed by atoms with Crippen molar-refractivity contribution in [2.45, 2.75) is 45.4 Å². The lowest BCUT2D eigenvalue weighted by Crippen LogP contribution is -2.47. The van der Waals surface area contributed by atoms with Gasteiger partial charge >= 0.3 is 0 Å². The molecule has 3 rings (SSSR count). The highest BCUT2D eigenvalue weighted by Gasteiger charge is 2.26. The molecule has 9 heteroatoms. The maximum atomic E-state index is 13.6. The van der Waals surface area contributed by atoms with Gasteiger partial charge in [0.1, 0.15) is 17.8 Å². The smallest absolute Gasteiger partial charge is 0.257 e. The molecule has 4 N–H and O–H groups in total. The highest BCUT2D eigenvalue weighted by Crippen LogP contribution is 2.24. The number of halogens is 2. The number of nitrogens with zero attached hydrogens (tertiary/aromatic N) is 2. The number of benzene rings is 2. The van der Waals surface area contributed by atoms with Gasteiger partial charge in [0.15, 0.2) is 5.96 Å².